The Kier molecular flexibility index (Phi) is 3.97. The normalized spacial score (nSPS) is 14.9. The van der Waals surface area contributed by atoms with Gasteiger partial charge in [-0.25, -0.2) is 0 Å². The highest BCUT2D eigenvalue weighted by Gasteiger charge is 2.21. The number of nitrogens with zero attached hydrogens (tertiary/aromatic N) is 1. The van der Waals surface area contributed by atoms with Crippen molar-refractivity contribution in [1.29, 1.82) is 0 Å². The third-order valence-corrected chi connectivity index (χ3v) is 3.21. The lowest BCUT2D eigenvalue weighted by atomic mass is 10.0. The third-order valence-electron chi connectivity index (χ3n) is 3.21. The maximum atomic E-state index is 11.6. The fourth-order valence-electron chi connectivity index (χ4n) is 2.19. The Hall–Kier alpha value is -1.84. The summed E-state index contributed by atoms with van der Waals surface area (Å²) in [7, 11) is 1.38. The van der Waals surface area contributed by atoms with E-state index in [9.17, 15) is 9.59 Å². The second-order valence-electron chi connectivity index (χ2n) is 4.44. The zero-order valence-corrected chi connectivity index (χ0v) is 10.5. The quantitative estimate of drug-likeness (QED) is 0.758. The van der Waals surface area contributed by atoms with E-state index in [2.05, 4.69) is 4.74 Å². The van der Waals surface area contributed by atoms with Crippen molar-refractivity contribution < 1.29 is 14.3 Å². The van der Waals surface area contributed by atoms with E-state index in [-0.39, 0.29) is 18.3 Å². The summed E-state index contributed by atoms with van der Waals surface area (Å²) in [6.07, 6.45) is 1.83. The summed E-state index contributed by atoms with van der Waals surface area (Å²) in [6, 6.07) is 7.70. The lowest BCUT2D eigenvalue weighted by Crippen LogP contribution is -2.24. The summed E-state index contributed by atoms with van der Waals surface area (Å²) in [5.74, 6) is -0.0573. The molecule has 1 fully saturated rings. The van der Waals surface area contributed by atoms with Crippen molar-refractivity contribution >= 4 is 11.9 Å². The van der Waals surface area contributed by atoms with Gasteiger partial charge in [-0.05, 0) is 17.5 Å². The smallest absolute Gasteiger partial charge is 0.309 e. The van der Waals surface area contributed by atoms with Crippen LogP contribution in [0.3, 0.4) is 0 Å². The van der Waals surface area contributed by atoms with Gasteiger partial charge in [-0.3, -0.25) is 9.59 Å². The second-order valence-corrected chi connectivity index (χ2v) is 4.44. The van der Waals surface area contributed by atoms with Crippen molar-refractivity contribution in [2.45, 2.75) is 25.8 Å². The summed E-state index contributed by atoms with van der Waals surface area (Å²) in [5, 5.41) is 0. The largest absolute Gasteiger partial charge is 0.469 e. The maximum Gasteiger partial charge on any atom is 0.309 e. The van der Waals surface area contributed by atoms with Crippen LogP contribution in [0.5, 0.6) is 0 Å². The van der Waals surface area contributed by atoms with Crippen LogP contribution in [0.4, 0.5) is 0 Å². The first-order valence-corrected chi connectivity index (χ1v) is 6.12. The number of hydrogen-bond donors (Lipinski definition) is 0. The Morgan fingerprint density at radius 1 is 1.33 bits per heavy atom. The third kappa shape index (κ3) is 2.88. The molecule has 1 aliphatic heterocycles. The summed E-state index contributed by atoms with van der Waals surface area (Å²) in [4.78, 5) is 24.8. The first-order chi connectivity index (χ1) is 8.70. The van der Waals surface area contributed by atoms with Gasteiger partial charge >= 0.3 is 5.97 Å². The molecular formula is C14H17NO3. The average molecular weight is 247 g/mol. The minimum Gasteiger partial charge on any atom is -0.469 e. The van der Waals surface area contributed by atoms with Gasteiger partial charge < -0.3 is 9.64 Å². The number of methoxy groups -OCH3 is 1. The van der Waals surface area contributed by atoms with Crippen LogP contribution in [0.1, 0.15) is 24.0 Å². The molecule has 0 saturated carbocycles. The van der Waals surface area contributed by atoms with Crippen LogP contribution in [0.25, 0.3) is 0 Å². The summed E-state index contributed by atoms with van der Waals surface area (Å²) < 4.78 is 4.68. The second kappa shape index (κ2) is 5.67. The van der Waals surface area contributed by atoms with Gasteiger partial charge in [0.2, 0.25) is 5.91 Å². The predicted octanol–water partition coefficient (Wildman–Crippen LogP) is 1.52. The van der Waals surface area contributed by atoms with Crippen molar-refractivity contribution in [3.63, 3.8) is 0 Å². The molecule has 0 spiro atoms. The number of benzene rings is 1. The number of amides is 1. The zero-order chi connectivity index (χ0) is 13.0. The van der Waals surface area contributed by atoms with Crippen LogP contribution in [-0.4, -0.2) is 30.4 Å². The number of carbonyl (C=O) groups is 2. The van der Waals surface area contributed by atoms with Gasteiger partial charge in [0.1, 0.15) is 0 Å². The Morgan fingerprint density at radius 3 is 2.67 bits per heavy atom. The number of ether oxygens (including phenoxy) is 1. The molecule has 18 heavy (non-hydrogen) atoms. The highest BCUT2D eigenvalue weighted by atomic mass is 16.5. The minimum atomic E-state index is -0.254. The number of hydrogen-bond acceptors (Lipinski definition) is 3. The minimum absolute atomic E-state index is 0.197. The van der Waals surface area contributed by atoms with E-state index in [1.807, 2.05) is 29.2 Å². The van der Waals surface area contributed by atoms with Gasteiger partial charge in [-0.1, -0.05) is 24.3 Å². The topological polar surface area (TPSA) is 46.6 Å². The molecule has 0 N–H and O–H groups in total. The highest BCUT2D eigenvalue weighted by Crippen LogP contribution is 2.17. The average Bonchev–Trinajstić information content (AvgIpc) is 2.77. The molecule has 0 radical (unpaired) electrons. The first kappa shape index (κ1) is 12.6. The molecule has 1 aromatic carbocycles. The van der Waals surface area contributed by atoms with Gasteiger partial charge in [-0.2, -0.15) is 0 Å². The molecule has 0 aliphatic carbocycles. The van der Waals surface area contributed by atoms with E-state index < -0.39 is 0 Å². The fourth-order valence-corrected chi connectivity index (χ4v) is 2.19. The van der Waals surface area contributed by atoms with Crippen LogP contribution in [0, 0.1) is 0 Å². The fraction of sp³-hybridized carbons (Fsp3) is 0.429. The molecule has 1 saturated heterocycles. The summed E-state index contributed by atoms with van der Waals surface area (Å²) in [6.45, 7) is 1.40. The van der Waals surface area contributed by atoms with E-state index in [0.29, 0.717) is 13.0 Å². The van der Waals surface area contributed by atoms with Gasteiger partial charge in [0.15, 0.2) is 0 Å². The molecule has 1 amide bonds. The Morgan fingerprint density at radius 2 is 2.06 bits per heavy atom. The molecule has 4 nitrogen and oxygen atoms in total. The van der Waals surface area contributed by atoms with E-state index in [4.69, 9.17) is 0 Å². The number of rotatable bonds is 4. The molecule has 0 bridgehead atoms. The SMILES string of the molecule is COC(=O)Cc1ccccc1CN1CCCC1=O. The van der Waals surface area contributed by atoms with E-state index >= 15 is 0 Å². The highest BCUT2D eigenvalue weighted by molar-refractivity contribution is 5.78. The van der Waals surface area contributed by atoms with Crippen LogP contribution < -0.4 is 0 Å². The molecule has 0 atom stereocenters. The van der Waals surface area contributed by atoms with Gasteiger partial charge in [0.25, 0.3) is 0 Å². The van der Waals surface area contributed by atoms with E-state index in [0.717, 1.165) is 24.1 Å². The first-order valence-electron chi connectivity index (χ1n) is 6.12. The standard InChI is InChI=1S/C14H17NO3/c1-18-14(17)9-11-5-2-3-6-12(11)10-15-8-4-7-13(15)16/h2-3,5-6H,4,7-10H2,1H3. The molecule has 1 aromatic rings. The van der Waals surface area contributed by atoms with Crippen molar-refractivity contribution in [1.82, 2.24) is 4.90 Å². The predicted molar refractivity (Wildman–Crippen MR) is 66.8 cm³/mol. The Balaban J connectivity index is 2.11. The van der Waals surface area contributed by atoms with Crippen molar-refractivity contribution in [2.75, 3.05) is 13.7 Å². The summed E-state index contributed by atoms with van der Waals surface area (Å²) >= 11 is 0. The molecular weight excluding hydrogens is 230 g/mol. The maximum absolute atomic E-state index is 11.6. The van der Waals surface area contributed by atoms with Gasteiger partial charge in [0.05, 0.1) is 13.5 Å². The number of likely N-dealkylation sites (tertiary alicyclic amines) is 1. The lowest BCUT2D eigenvalue weighted by Gasteiger charge is -2.17. The molecule has 96 valence electrons. The number of esters is 1. The molecule has 1 heterocycles. The van der Waals surface area contributed by atoms with Crippen LogP contribution >= 0.6 is 0 Å². The van der Waals surface area contributed by atoms with Crippen LogP contribution in [-0.2, 0) is 27.3 Å². The van der Waals surface area contributed by atoms with Crippen LogP contribution in [0.15, 0.2) is 24.3 Å². The molecule has 0 unspecified atom stereocenters. The summed E-state index contributed by atoms with van der Waals surface area (Å²) in [5.41, 5.74) is 1.96. The Bertz CT molecular complexity index is 456. The van der Waals surface area contributed by atoms with E-state index in [1.165, 1.54) is 7.11 Å². The molecule has 1 aliphatic rings. The van der Waals surface area contributed by atoms with E-state index in [1.54, 1.807) is 0 Å². The zero-order valence-electron chi connectivity index (χ0n) is 10.5. The Labute approximate surface area is 107 Å². The van der Waals surface area contributed by atoms with Crippen molar-refractivity contribution in [2.24, 2.45) is 0 Å². The van der Waals surface area contributed by atoms with Crippen molar-refractivity contribution in [3.05, 3.63) is 35.4 Å². The lowest BCUT2D eigenvalue weighted by molar-refractivity contribution is -0.139. The van der Waals surface area contributed by atoms with Gasteiger partial charge in [0, 0.05) is 19.5 Å². The van der Waals surface area contributed by atoms with Crippen molar-refractivity contribution in [3.8, 4) is 0 Å². The number of carbonyl (C=O) groups excluding carboxylic acids is 2. The van der Waals surface area contributed by atoms with Gasteiger partial charge in [-0.15, -0.1) is 0 Å². The molecule has 2 rings (SSSR count). The molecule has 4 heteroatoms. The van der Waals surface area contributed by atoms with Crippen LogP contribution in [0.2, 0.25) is 0 Å². The molecule has 0 aromatic heterocycles. The monoisotopic (exact) mass is 247 g/mol.